The summed E-state index contributed by atoms with van der Waals surface area (Å²) in [6.45, 7) is 4.24. The number of nitrogens with one attached hydrogen (secondary N) is 2. The molecule has 6 nitrogen and oxygen atoms in total. The summed E-state index contributed by atoms with van der Waals surface area (Å²) >= 11 is 1.74. The van der Waals surface area contributed by atoms with Crippen molar-refractivity contribution < 1.29 is 9.72 Å². The number of rotatable bonds is 3. The second-order valence-corrected chi connectivity index (χ2v) is 5.93. The third-order valence-corrected chi connectivity index (χ3v) is 4.30. The summed E-state index contributed by atoms with van der Waals surface area (Å²) in [4.78, 5) is 22.6. The third kappa shape index (κ3) is 3.29. The van der Waals surface area contributed by atoms with Gasteiger partial charge in [0.1, 0.15) is 0 Å². The largest absolute Gasteiger partial charge is 0.324 e. The molecule has 1 unspecified atom stereocenters. The van der Waals surface area contributed by atoms with Crippen molar-refractivity contribution >= 4 is 29.0 Å². The van der Waals surface area contributed by atoms with Crippen molar-refractivity contribution in [1.82, 2.24) is 5.32 Å². The van der Waals surface area contributed by atoms with Crippen molar-refractivity contribution in [2.24, 2.45) is 0 Å². The maximum atomic E-state index is 12.1. The van der Waals surface area contributed by atoms with Gasteiger partial charge in [0.05, 0.1) is 11.0 Å². The van der Waals surface area contributed by atoms with Crippen LogP contribution in [0.1, 0.15) is 11.1 Å². The first-order valence-electron chi connectivity index (χ1n) is 6.36. The Morgan fingerprint density at radius 3 is 2.80 bits per heavy atom. The van der Waals surface area contributed by atoms with Crippen molar-refractivity contribution in [3.05, 3.63) is 33.4 Å². The van der Waals surface area contributed by atoms with E-state index in [1.165, 1.54) is 6.07 Å². The van der Waals surface area contributed by atoms with E-state index in [9.17, 15) is 14.9 Å². The maximum Gasteiger partial charge on any atom is 0.272 e. The third-order valence-electron chi connectivity index (χ3n) is 3.24. The molecule has 1 amide bonds. The smallest absolute Gasteiger partial charge is 0.272 e. The number of aryl methyl sites for hydroxylation is 2. The Morgan fingerprint density at radius 2 is 2.20 bits per heavy atom. The molecule has 0 aliphatic carbocycles. The van der Waals surface area contributed by atoms with Crippen LogP contribution < -0.4 is 10.6 Å². The fraction of sp³-hybridized carbons (Fsp3) is 0.462. The molecule has 1 aliphatic rings. The Hall–Kier alpha value is -1.60. The van der Waals surface area contributed by atoms with Gasteiger partial charge >= 0.3 is 0 Å². The van der Waals surface area contributed by atoms with Gasteiger partial charge in [-0.25, -0.2) is 0 Å². The van der Waals surface area contributed by atoms with Gasteiger partial charge in [-0.05, 0) is 25.5 Å². The van der Waals surface area contributed by atoms with Crippen LogP contribution in [0.2, 0.25) is 0 Å². The molecule has 1 fully saturated rings. The Morgan fingerprint density at radius 1 is 1.45 bits per heavy atom. The summed E-state index contributed by atoms with van der Waals surface area (Å²) in [5.74, 6) is 1.67. The summed E-state index contributed by atoms with van der Waals surface area (Å²) in [6.07, 6.45) is 0. The van der Waals surface area contributed by atoms with E-state index in [1.54, 1.807) is 31.7 Å². The maximum absolute atomic E-state index is 12.1. The lowest BCUT2D eigenvalue weighted by atomic mass is 10.1. The number of thioether (sulfide) groups is 1. The minimum Gasteiger partial charge on any atom is -0.324 e. The van der Waals surface area contributed by atoms with E-state index in [2.05, 4.69) is 10.6 Å². The second-order valence-electron chi connectivity index (χ2n) is 4.78. The van der Waals surface area contributed by atoms with Crippen LogP contribution in [-0.4, -0.2) is 34.9 Å². The monoisotopic (exact) mass is 295 g/mol. The Labute approximate surface area is 121 Å². The number of anilines is 1. The predicted molar refractivity (Wildman–Crippen MR) is 80.3 cm³/mol. The second kappa shape index (κ2) is 6.23. The summed E-state index contributed by atoms with van der Waals surface area (Å²) < 4.78 is 0. The zero-order valence-electron chi connectivity index (χ0n) is 11.4. The van der Waals surface area contributed by atoms with Crippen LogP contribution in [0, 0.1) is 24.0 Å². The SMILES string of the molecule is Cc1cc([N+](=O)[O-])c(C)cc1NC(=O)C1CSCCN1. The lowest BCUT2D eigenvalue weighted by molar-refractivity contribution is -0.385. The molecule has 7 heteroatoms. The molecule has 1 saturated heterocycles. The van der Waals surface area contributed by atoms with Crippen LogP contribution in [0.3, 0.4) is 0 Å². The van der Waals surface area contributed by atoms with E-state index in [-0.39, 0.29) is 17.6 Å². The van der Waals surface area contributed by atoms with Crippen LogP contribution >= 0.6 is 11.8 Å². The lowest BCUT2D eigenvalue weighted by Gasteiger charge is -2.22. The standard InChI is InChI=1S/C13H17N3O3S/c1-8-6-12(16(18)19)9(2)5-10(8)15-13(17)11-7-20-4-3-14-11/h5-6,11,14H,3-4,7H2,1-2H3,(H,15,17). The van der Waals surface area contributed by atoms with Crippen LogP contribution in [-0.2, 0) is 4.79 Å². The molecule has 0 aromatic heterocycles. The highest BCUT2D eigenvalue weighted by molar-refractivity contribution is 7.99. The molecule has 0 spiro atoms. The average molecular weight is 295 g/mol. The van der Waals surface area contributed by atoms with Gasteiger partial charge in [0.15, 0.2) is 0 Å². The van der Waals surface area contributed by atoms with Gasteiger partial charge in [-0.2, -0.15) is 11.8 Å². The number of carbonyl (C=O) groups is 1. The van der Waals surface area contributed by atoms with Crippen molar-refractivity contribution in [1.29, 1.82) is 0 Å². The topological polar surface area (TPSA) is 84.3 Å². The fourth-order valence-electron chi connectivity index (χ4n) is 2.09. The molecule has 2 rings (SSSR count). The number of hydrogen-bond donors (Lipinski definition) is 2. The summed E-state index contributed by atoms with van der Waals surface area (Å²) in [7, 11) is 0. The molecular formula is C13H17N3O3S. The first kappa shape index (κ1) is 14.8. The molecule has 108 valence electrons. The zero-order chi connectivity index (χ0) is 14.7. The molecule has 2 N–H and O–H groups in total. The van der Waals surface area contributed by atoms with E-state index in [0.717, 1.165) is 18.1 Å². The molecular weight excluding hydrogens is 278 g/mol. The number of hydrogen-bond acceptors (Lipinski definition) is 5. The summed E-state index contributed by atoms with van der Waals surface area (Å²) in [5, 5.41) is 16.9. The lowest BCUT2D eigenvalue weighted by Crippen LogP contribution is -2.46. The number of amides is 1. The van der Waals surface area contributed by atoms with Gasteiger partial charge in [0, 0.05) is 35.4 Å². The van der Waals surface area contributed by atoms with Crippen LogP contribution in [0.5, 0.6) is 0 Å². The van der Waals surface area contributed by atoms with Gasteiger partial charge in [0.2, 0.25) is 5.91 Å². The van der Waals surface area contributed by atoms with Crippen molar-refractivity contribution in [3.63, 3.8) is 0 Å². The molecule has 0 saturated carbocycles. The molecule has 1 aromatic rings. The normalized spacial score (nSPS) is 18.6. The van der Waals surface area contributed by atoms with Crippen molar-refractivity contribution in [2.45, 2.75) is 19.9 Å². The average Bonchev–Trinajstić information content (AvgIpc) is 2.43. The Balaban J connectivity index is 2.15. The minimum atomic E-state index is -0.409. The summed E-state index contributed by atoms with van der Waals surface area (Å²) in [6, 6.07) is 2.94. The summed E-state index contributed by atoms with van der Waals surface area (Å²) in [5.41, 5.74) is 1.95. The van der Waals surface area contributed by atoms with Gasteiger partial charge < -0.3 is 10.6 Å². The van der Waals surface area contributed by atoms with Gasteiger partial charge in [0.25, 0.3) is 5.69 Å². The van der Waals surface area contributed by atoms with E-state index in [0.29, 0.717) is 16.8 Å². The van der Waals surface area contributed by atoms with E-state index >= 15 is 0 Å². The number of nitro groups is 1. The number of benzene rings is 1. The number of carbonyl (C=O) groups excluding carboxylic acids is 1. The quantitative estimate of drug-likeness (QED) is 0.657. The highest BCUT2D eigenvalue weighted by Gasteiger charge is 2.22. The molecule has 1 aromatic carbocycles. The predicted octanol–water partition coefficient (Wildman–Crippen LogP) is 1.86. The van der Waals surface area contributed by atoms with Crippen LogP contribution in [0.25, 0.3) is 0 Å². The van der Waals surface area contributed by atoms with Gasteiger partial charge in [-0.1, -0.05) is 0 Å². The van der Waals surface area contributed by atoms with E-state index < -0.39 is 4.92 Å². The Kier molecular flexibility index (Phi) is 4.61. The van der Waals surface area contributed by atoms with Gasteiger partial charge in [-0.15, -0.1) is 0 Å². The van der Waals surface area contributed by atoms with Crippen LogP contribution in [0.4, 0.5) is 11.4 Å². The highest BCUT2D eigenvalue weighted by atomic mass is 32.2. The van der Waals surface area contributed by atoms with Gasteiger partial charge in [-0.3, -0.25) is 14.9 Å². The number of nitro benzene ring substituents is 1. The molecule has 0 radical (unpaired) electrons. The van der Waals surface area contributed by atoms with Crippen molar-refractivity contribution in [2.75, 3.05) is 23.4 Å². The van der Waals surface area contributed by atoms with Crippen LogP contribution in [0.15, 0.2) is 12.1 Å². The van der Waals surface area contributed by atoms with Crippen molar-refractivity contribution in [3.8, 4) is 0 Å². The van der Waals surface area contributed by atoms with E-state index in [1.807, 2.05) is 0 Å². The molecule has 1 heterocycles. The minimum absolute atomic E-state index is 0.0758. The fourth-order valence-corrected chi connectivity index (χ4v) is 3.02. The number of nitrogens with zero attached hydrogens (tertiary/aromatic N) is 1. The molecule has 20 heavy (non-hydrogen) atoms. The zero-order valence-corrected chi connectivity index (χ0v) is 12.3. The first-order valence-corrected chi connectivity index (χ1v) is 7.52. The molecule has 1 aliphatic heterocycles. The molecule has 0 bridgehead atoms. The Bertz CT molecular complexity index is 542. The van der Waals surface area contributed by atoms with E-state index in [4.69, 9.17) is 0 Å². The first-order chi connectivity index (χ1) is 9.49. The molecule has 1 atom stereocenters. The highest BCUT2D eigenvalue weighted by Crippen LogP contribution is 2.26.